The number of unbranched alkanes of at least 4 members (excludes halogenated alkanes) is 25. The fourth-order valence-corrected chi connectivity index (χ4v) is 6.48. The lowest BCUT2D eigenvalue weighted by molar-refractivity contribution is -0.371. The fourth-order valence-electron chi connectivity index (χ4n) is 5.69. The molecule has 0 aliphatic heterocycles. The molecule has 0 aromatic rings. The van der Waals surface area contributed by atoms with Gasteiger partial charge >= 0.3 is 19.8 Å². The zero-order valence-electron chi connectivity index (χ0n) is 31.1. The monoisotopic (exact) mass is 706 g/mol. The van der Waals surface area contributed by atoms with Gasteiger partial charge in [0.2, 0.25) is 0 Å². The molecular weight excluding hydrogens is 629 g/mol. The highest BCUT2D eigenvalue weighted by Crippen LogP contribution is 2.43. The first kappa shape index (κ1) is 47.0. The van der Waals surface area contributed by atoms with Gasteiger partial charge in [-0.25, -0.2) is 4.57 Å². The molecule has 0 heterocycles. The van der Waals surface area contributed by atoms with Gasteiger partial charge in [0.1, 0.15) is 13.2 Å². The van der Waals surface area contributed by atoms with Crippen LogP contribution >= 0.6 is 7.82 Å². The Morgan fingerprint density at radius 1 is 0.604 bits per heavy atom. The Hall–Kier alpha value is -0.990. The summed E-state index contributed by atoms with van der Waals surface area (Å²) in [5.74, 6) is -0.805. The fraction of sp³-hybridized carbons (Fsp3) is 0.921. The van der Waals surface area contributed by atoms with E-state index in [1.165, 1.54) is 128 Å². The third kappa shape index (κ3) is 34.9. The molecule has 0 aliphatic carbocycles. The Morgan fingerprint density at radius 3 is 1.42 bits per heavy atom. The van der Waals surface area contributed by atoms with Gasteiger partial charge in [-0.15, -0.1) is 0 Å². The van der Waals surface area contributed by atoms with Crippen molar-refractivity contribution in [3.63, 3.8) is 0 Å². The van der Waals surface area contributed by atoms with Crippen molar-refractivity contribution < 1.29 is 43.3 Å². The topological polar surface area (TPSA) is 136 Å². The molecule has 0 saturated heterocycles. The minimum atomic E-state index is -4.32. The number of quaternary nitrogens is 1. The van der Waals surface area contributed by atoms with Gasteiger partial charge in [-0.3, -0.25) is 18.6 Å². The van der Waals surface area contributed by atoms with Crippen molar-refractivity contribution in [1.82, 2.24) is 0 Å². The van der Waals surface area contributed by atoms with Crippen molar-refractivity contribution in [2.45, 2.75) is 199 Å². The van der Waals surface area contributed by atoms with Crippen LogP contribution in [0, 0.1) is 6.92 Å². The number of carbonyl (C=O) groups is 2. The van der Waals surface area contributed by atoms with Gasteiger partial charge in [0.05, 0.1) is 13.2 Å². The summed E-state index contributed by atoms with van der Waals surface area (Å²) in [5, 5.41) is 0. The molecule has 0 amide bonds. The highest BCUT2D eigenvalue weighted by molar-refractivity contribution is 7.47. The Morgan fingerprint density at radius 2 is 1.00 bits per heavy atom. The molecule has 0 spiro atoms. The van der Waals surface area contributed by atoms with E-state index in [1.807, 2.05) is 0 Å². The first-order valence-electron chi connectivity index (χ1n) is 19.9. The molecule has 1 unspecified atom stereocenters. The van der Waals surface area contributed by atoms with Gasteiger partial charge < -0.3 is 27.0 Å². The van der Waals surface area contributed by atoms with Crippen LogP contribution in [0.15, 0.2) is 0 Å². The van der Waals surface area contributed by atoms with Crippen molar-refractivity contribution in [3.05, 3.63) is 6.92 Å². The zero-order chi connectivity index (χ0) is 35.4. The number of hydrogen-bond donors (Lipinski definition) is 2. The normalized spacial score (nSPS) is 13.3. The highest BCUT2D eigenvalue weighted by Gasteiger charge is 2.26. The smallest absolute Gasteiger partial charge is 0.462 e. The molecule has 0 aliphatic rings. The predicted octanol–water partition coefficient (Wildman–Crippen LogP) is 9.98. The molecule has 0 fully saturated rings. The maximum atomic E-state index is 12.5. The lowest BCUT2D eigenvalue weighted by Gasteiger charge is -2.19. The van der Waals surface area contributed by atoms with Crippen molar-refractivity contribution in [2.75, 3.05) is 26.4 Å². The molecule has 4 N–H and O–H groups in total. The van der Waals surface area contributed by atoms with Crippen LogP contribution in [0.1, 0.15) is 193 Å². The van der Waals surface area contributed by atoms with E-state index in [1.54, 1.807) is 0 Å². The quantitative estimate of drug-likeness (QED) is 0.0280. The van der Waals surface area contributed by atoms with Gasteiger partial charge in [0, 0.05) is 12.8 Å². The van der Waals surface area contributed by atoms with Gasteiger partial charge in [-0.2, -0.15) is 6.42 Å². The maximum absolute atomic E-state index is 12.5. The van der Waals surface area contributed by atoms with E-state index in [2.05, 4.69) is 19.6 Å². The van der Waals surface area contributed by atoms with Crippen molar-refractivity contribution in [3.8, 4) is 0 Å². The van der Waals surface area contributed by atoms with E-state index in [9.17, 15) is 19.0 Å². The Kier molecular flexibility index (Phi) is 35.1. The summed E-state index contributed by atoms with van der Waals surface area (Å²) >= 11 is 0. The van der Waals surface area contributed by atoms with Crippen LogP contribution in [-0.4, -0.2) is 49.3 Å². The van der Waals surface area contributed by atoms with E-state index in [0.717, 1.165) is 38.5 Å². The van der Waals surface area contributed by atoms with Crippen LogP contribution in [-0.2, 0) is 32.7 Å². The number of esters is 2. The number of phosphoric acid groups is 1. The summed E-state index contributed by atoms with van der Waals surface area (Å²) in [6, 6.07) is 0. The molecule has 9 nitrogen and oxygen atoms in total. The first-order valence-corrected chi connectivity index (χ1v) is 21.4. The molecule has 0 aromatic carbocycles. The summed E-state index contributed by atoms with van der Waals surface area (Å²) < 4.78 is 32.8. The molecule has 0 radical (unpaired) electrons. The van der Waals surface area contributed by atoms with Crippen LogP contribution in [0.2, 0.25) is 0 Å². The van der Waals surface area contributed by atoms with Gasteiger partial charge in [-0.05, 0) is 12.8 Å². The van der Waals surface area contributed by atoms with Crippen LogP contribution in [0.3, 0.4) is 0 Å². The lowest BCUT2D eigenvalue weighted by atomic mass is 10.0. The van der Waals surface area contributed by atoms with Gasteiger partial charge in [-0.1, -0.05) is 161 Å². The highest BCUT2D eigenvalue weighted by atomic mass is 31.2. The van der Waals surface area contributed by atoms with Crippen LogP contribution in [0.5, 0.6) is 0 Å². The SMILES string of the molecule is [CH2-]CCCCCCCCCCCCCC(=O)O[C@H](COC(=O)CCCCCCCCCCCCCCCCC)COP(=O)(O)OCC[NH3+]. The minimum absolute atomic E-state index is 0.0383. The average Bonchev–Trinajstić information content (AvgIpc) is 3.07. The molecule has 0 saturated carbocycles. The largest absolute Gasteiger partial charge is 0.472 e. The van der Waals surface area contributed by atoms with Crippen LogP contribution < -0.4 is 5.73 Å². The Labute approximate surface area is 295 Å². The number of rotatable bonds is 38. The van der Waals surface area contributed by atoms with Crippen LogP contribution in [0.25, 0.3) is 0 Å². The van der Waals surface area contributed by atoms with Crippen LogP contribution in [0.4, 0.5) is 0 Å². The molecule has 0 bridgehead atoms. The summed E-state index contributed by atoms with van der Waals surface area (Å²) in [4.78, 5) is 34.7. The second-order valence-corrected chi connectivity index (χ2v) is 14.9. The third-order valence-corrected chi connectivity index (χ3v) is 9.65. The van der Waals surface area contributed by atoms with Crippen molar-refractivity contribution in [2.24, 2.45) is 0 Å². The molecule has 2 atom stereocenters. The van der Waals surface area contributed by atoms with Gasteiger partial charge in [0.25, 0.3) is 0 Å². The second-order valence-electron chi connectivity index (χ2n) is 13.4. The number of hydrogen-bond acceptors (Lipinski definition) is 7. The summed E-state index contributed by atoms with van der Waals surface area (Å²) in [6.45, 7) is 5.78. The standard InChI is InChI=1S/C38H75NO8P/c1-3-5-7-9-11-13-15-17-18-19-21-22-24-26-28-30-37(40)44-34-36(35-46-48(42,43)45-33-32-39)47-38(41)31-29-27-25-23-20-16-14-12-10-8-6-4-2/h36H,2-35,39H2,1H3,(H,42,43)/q-1/p+1/t36-/m1/s1. The summed E-state index contributed by atoms with van der Waals surface area (Å²) in [6.07, 6.45) is 32.2. The van der Waals surface area contributed by atoms with Gasteiger partial charge in [0.15, 0.2) is 6.10 Å². The predicted molar refractivity (Wildman–Crippen MR) is 195 cm³/mol. The Bertz CT molecular complexity index is 769. The minimum Gasteiger partial charge on any atom is -0.462 e. The van der Waals surface area contributed by atoms with E-state index >= 15 is 0 Å². The van der Waals surface area contributed by atoms with Crippen molar-refractivity contribution in [1.29, 1.82) is 0 Å². The second kappa shape index (κ2) is 35.8. The van der Waals surface area contributed by atoms with Crippen molar-refractivity contribution >= 4 is 19.8 Å². The van der Waals surface area contributed by atoms with E-state index in [0.29, 0.717) is 19.4 Å². The number of ether oxygens (including phenoxy) is 2. The lowest BCUT2D eigenvalue weighted by Crippen LogP contribution is -2.52. The summed E-state index contributed by atoms with van der Waals surface area (Å²) in [5.41, 5.74) is 3.57. The number of phosphoric ester groups is 1. The third-order valence-electron chi connectivity index (χ3n) is 8.67. The van der Waals surface area contributed by atoms with E-state index in [4.69, 9.17) is 18.5 Å². The molecule has 0 aromatic heterocycles. The maximum Gasteiger partial charge on any atom is 0.472 e. The molecular formula is C38H76NO8P. The molecule has 10 heteroatoms. The zero-order valence-corrected chi connectivity index (χ0v) is 32.0. The first-order chi connectivity index (χ1) is 23.3. The Balaban J connectivity index is 4.14. The van der Waals surface area contributed by atoms with E-state index in [-0.39, 0.29) is 25.6 Å². The molecule has 48 heavy (non-hydrogen) atoms. The average molecular weight is 706 g/mol. The molecule has 0 rings (SSSR count). The summed E-state index contributed by atoms with van der Waals surface area (Å²) in [7, 11) is -4.32. The number of carbonyl (C=O) groups excluding carboxylic acids is 2. The molecule has 286 valence electrons. The van der Waals surface area contributed by atoms with E-state index < -0.39 is 26.5 Å².